The van der Waals surface area contributed by atoms with Crippen molar-refractivity contribution in [1.82, 2.24) is 0 Å². The van der Waals surface area contributed by atoms with Gasteiger partial charge in [0.05, 0.1) is 0 Å². The molecule has 0 radical (unpaired) electrons. The number of hydrogen-bond acceptors (Lipinski definition) is 3. The van der Waals surface area contributed by atoms with Crippen molar-refractivity contribution in [3.8, 4) is 5.75 Å². The average molecular weight is 378 g/mol. The highest BCUT2D eigenvalue weighted by molar-refractivity contribution is 9.09. The molecule has 0 aliphatic heterocycles. The van der Waals surface area contributed by atoms with Crippen LogP contribution >= 0.6 is 27.5 Å². The minimum Gasteiger partial charge on any atom is -0.476 e. The summed E-state index contributed by atoms with van der Waals surface area (Å²) < 4.78 is 11.1. The van der Waals surface area contributed by atoms with Crippen molar-refractivity contribution in [1.29, 1.82) is 0 Å². The Balaban J connectivity index is 2.52. The smallest absolute Gasteiger partial charge is 0.351 e. The van der Waals surface area contributed by atoms with Crippen molar-refractivity contribution in [3.63, 3.8) is 0 Å². The third-order valence-electron chi connectivity index (χ3n) is 2.95. The third kappa shape index (κ3) is 6.70. The van der Waals surface area contributed by atoms with E-state index >= 15 is 0 Å². The van der Waals surface area contributed by atoms with Crippen molar-refractivity contribution in [2.75, 3.05) is 0 Å². The van der Waals surface area contributed by atoms with Gasteiger partial charge in [0.15, 0.2) is 10.6 Å². The normalized spacial score (nSPS) is 12.8. The largest absolute Gasteiger partial charge is 0.476 e. The van der Waals surface area contributed by atoms with Gasteiger partial charge < -0.3 is 9.47 Å². The maximum absolute atomic E-state index is 12.2. The monoisotopic (exact) mass is 376 g/mol. The lowest BCUT2D eigenvalue weighted by atomic mass is 10.1. The number of benzene rings is 1. The molecule has 0 aliphatic rings. The second-order valence-corrected chi connectivity index (χ2v) is 6.84. The summed E-state index contributed by atoms with van der Waals surface area (Å²) in [4.78, 5) is 12.2. The highest BCUT2D eigenvalue weighted by Gasteiger charge is 2.33. The fraction of sp³-hybridized carbons (Fsp3) is 0.562. The summed E-state index contributed by atoms with van der Waals surface area (Å²) in [6.45, 7) is 5.52. The number of carbonyl (C=O) groups excluding carboxylic acids is 1. The SMILES string of the molecule is CCCCCC(Br)OC(=O)C(C)(C)Oc1ccc(Cl)cc1. The van der Waals surface area contributed by atoms with Crippen molar-refractivity contribution in [2.24, 2.45) is 0 Å². The fourth-order valence-corrected chi connectivity index (χ4v) is 2.33. The molecule has 0 N–H and O–H groups in total. The van der Waals surface area contributed by atoms with Crippen LogP contribution in [0.5, 0.6) is 5.75 Å². The van der Waals surface area contributed by atoms with Crippen LogP contribution in [-0.2, 0) is 9.53 Å². The number of halogens is 2. The molecule has 118 valence electrons. The Morgan fingerprint density at radius 3 is 2.48 bits per heavy atom. The summed E-state index contributed by atoms with van der Waals surface area (Å²) in [6, 6.07) is 6.89. The van der Waals surface area contributed by atoms with Crippen LogP contribution in [-0.4, -0.2) is 16.6 Å². The van der Waals surface area contributed by atoms with Crippen LogP contribution in [0.4, 0.5) is 0 Å². The molecule has 0 heterocycles. The molecular formula is C16H22BrClO3. The maximum atomic E-state index is 12.2. The molecule has 1 aromatic carbocycles. The van der Waals surface area contributed by atoms with E-state index in [1.165, 1.54) is 0 Å². The van der Waals surface area contributed by atoms with Crippen molar-refractivity contribution in [2.45, 2.75) is 57.1 Å². The first kappa shape index (κ1) is 18.3. The summed E-state index contributed by atoms with van der Waals surface area (Å²) in [5.41, 5.74) is -1.05. The zero-order chi connectivity index (χ0) is 15.9. The maximum Gasteiger partial charge on any atom is 0.351 e. The lowest BCUT2D eigenvalue weighted by molar-refractivity contribution is -0.160. The molecule has 0 aromatic heterocycles. The summed E-state index contributed by atoms with van der Waals surface area (Å²) in [5, 5.41) is 0.351. The Kier molecular flexibility index (Phi) is 7.53. The quantitative estimate of drug-likeness (QED) is 0.348. The highest BCUT2D eigenvalue weighted by atomic mass is 79.9. The van der Waals surface area contributed by atoms with Gasteiger partial charge in [-0.25, -0.2) is 4.79 Å². The van der Waals surface area contributed by atoms with E-state index in [1.54, 1.807) is 38.1 Å². The first-order valence-electron chi connectivity index (χ1n) is 7.15. The molecule has 1 rings (SSSR count). The van der Waals surface area contributed by atoms with Gasteiger partial charge >= 0.3 is 5.97 Å². The molecule has 0 fully saturated rings. The minimum atomic E-state index is -1.05. The zero-order valence-electron chi connectivity index (χ0n) is 12.7. The summed E-state index contributed by atoms with van der Waals surface area (Å²) in [7, 11) is 0. The van der Waals surface area contributed by atoms with Crippen LogP contribution in [0.15, 0.2) is 24.3 Å². The van der Waals surface area contributed by atoms with Crippen LogP contribution < -0.4 is 4.74 Å². The van der Waals surface area contributed by atoms with E-state index < -0.39 is 11.6 Å². The first-order chi connectivity index (χ1) is 9.85. The predicted molar refractivity (Wildman–Crippen MR) is 89.1 cm³/mol. The third-order valence-corrected chi connectivity index (χ3v) is 3.84. The van der Waals surface area contributed by atoms with Gasteiger partial charge in [-0.1, -0.05) is 31.4 Å². The second kappa shape index (κ2) is 8.64. The van der Waals surface area contributed by atoms with Crippen LogP contribution in [0, 0.1) is 0 Å². The van der Waals surface area contributed by atoms with Gasteiger partial charge in [-0.3, -0.25) is 0 Å². The molecule has 0 aliphatic carbocycles. The van der Waals surface area contributed by atoms with Gasteiger partial charge in [0.2, 0.25) is 0 Å². The van der Waals surface area contributed by atoms with Crippen molar-refractivity contribution < 1.29 is 14.3 Å². The Morgan fingerprint density at radius 1 is 1.29 bits per heavy atom. The number of alkyl halides is 1. The number of rotatable bonds is 8. The first-order valence-corrected chi connectivity index (χ1v) is 8.44. The summed E-state index contributed by atoms with van der Waals surface area (Å²) >= 11 is 9.20. The van der Waals surface area contributed by atoms with Crippen LogP contribution in [0.1, 0.15) is 46.5 Å². The summed E-state index contributed by atoms with van der Waals surface area (Å²) in [5.74, 6) is 0.189. The molecule has 1 unspecified atom stereocenters. The van der Waals surface area contributed by atoms with Crippen LogP contribution in [0.2, 0.25) is 5.02 Å². The van der Waals surface area contributed by atoms with Crippen LogP contribution in [0.3, 0.4) is 0 Å². The minimum absolute atomic E-state index is 0.273. The highest BCUT2D eigenvalue weighted by Crippen LogP contribution is 2.23. The van der Waals surface area contributed by atoms with Gasteiger partial charge in [0.1, 0.15) is 5.75 Å². The van der Waals surface area contributed by atoms with E-state index in [1.807, 2.05) is 0 Å². The Bertz CT molecular complexity index is 445. The van der Waals surface area contributed by atoms with E-state index in [-0.39, 0.29) is 5.01 Å². The second-order valence-electron chi connectivity index (χ2n) is 5.38. The van der Waals surface area contributed by atoms with E-state index in [0.29, 0.717) is 10.8 Å². The Morgan fingerprint density at radius 2 is 1.90 bits per heavy atom. The molecule has 0 saturated carbocycles. The lowest BCUT2D eigenvalue weighted by Gasteiger charge is -2.25. The van der Waals surface area contributed by atoms with Gasteiger partial charge in [-0.15, -0.1) is 0 Å². The van der Waals surface area contributed by atoms with Gasteiger partial charge in [-0.2, -0.15) is 0 Å². The number of carbonyl (C=O) groups is 1. The van der Waals surface area contributed by atoms with Gasteiger partial charge in [0, 0.05) is 5.02 Å². The Hall–Kier alpha value is -0.740. The fourth-order valence-electron chi connectivity index (χ4n) is 1.71. The molecule has 0 spiro atoms. The molecule has 5 heteroatoms. The van der Waals surface area contributed by atoms with Gasteiger partial charge in [0.25, 0.3) is 0 Å². The molecular weight excluding hydrogens is 356 g/mol. The van der Waals surface area contributed by atoms with Crippen LogP contribution in [0.25, 0.3) is 0 Å². The number of hydrogen-bond donors (Lipinski definition) is 0. The number of unbranched alkanes of at least 4 members (excludes halogenated alkanes) is 2. The van der Waals surface area contributed by atoms with Crippen molar-refractivity contribution in [3.05, 3.63) is 29.3 Å². The van der Waals surface area contributed by atoms with Crippen molar-refractivity contribution >= 4 is 33.5 Å². The zero-order valence-corrected chi connectivity index (χ0v) is 15.0. The molecule has 21 heavy (non-hydrogen) atoms. The molecule has 0 bridgehead atoms. The van der Waals surface area contributed by atoms with E-state index in [2.05, 4.69) is 22.9 Å². The van der Waals surface area contributed by atoms with Gasteiger partial charge in [-0.05, 0) is 66.9 Å². The molecule has 3 nitrogen and oxygen atoms in total. The summed E-state index contributed by atoms with van der Waals surface area (Å²) in [6.07, 6.45) is 4.10. The van der Waals surface area contributed by atoms with E-state index in [9.17, 15) is 4.79 Å². The van der Waals surface area contributed by atoms with E-state index in [4.69, 9.17) is 21.1 Å². The number of ether oxygens (including phenoxy) is 2. The number of esters is 1. The lowest BCUT2D eigenvalue weighted by Crippen LogP contribution is -2.40. The van der Waals surface area contributed by atoms with E-state index in [0.717, 1.165) is 25.7 Å². The average Bonchev–Trinajstić information content (AvgIpc) is 2.41. The standard InChI is InChI=1S/C16H22BrClO3/c1-4-5-6-7-14(17)20-15(19)16(2,3)21-13-10-8-12(18)9-11-13/h8-11,14H,4-7H2,1-3H3. The topological polar surface area (TPSA) is 35.5 Å². The predicted octanol–water partition coefficient (Wildman–Crippen LogP) is 5.34. The molecule has 1 atom stereocenters. The molecule has 0 saturated heterocycles. The molecule has 0 amide bonds. The Labute approximate surface area is 140 Å². The molecule has 1 aromatic rings.